The van der Waals surface area contributed by atoms with E-state index in [9.17, 15) is 19.8 Å². The number of carbonyl (C=O) groups excluding carboxylic acids is 2. The van der Waals surface area contributed by atoms with E-state index in [2.05, 4.69) is 31.3 Å². The molecule has 0 aromatic carbocycles. The Morgan fingerprint density at radius 2 is 0.505 bits per heavy atom. The van der Waals surface area contributed by atoms with Crippen molar-refractivity contribution in [2.45, 2.75) is 520 Å². The van der Waals surface area contributed by atoms with Crippen LogP contribution in [0.1, 0.15) is 508 Å². The number of rotatable bonds is 83. The predicted molar refractivity (Wildman–Crippen MR) is 412 cm³/mol. The van der Waals surface area contributed by atoms with Gasteiger partial charge >= 0.3 is 5.97 Å². The molecule has 3 N–H and O–H groups in total. The maximum atomic E-state index is 12.6. The molecule has 0 spiro atoms. The van der Waals surface area contributed by atoms with Gasteiger partial charge in [0.2, 0.25) is 5.91 Å². The lowest BCUT2D eigenvalue weighted by Crippen LogP contribution is -2.45. The monoisotopic (exact) mass is 1310 g/mol. The van der Waals surface area contributed by atoms with Crippen LogP contribution in [-0.2, 0) is 14.3 Å². The number of unbranched alkanes of at least 4 members (excludes halogenated alkanes) is 70. The van der Waals surface area contributed by atoms with Crippen LogP contribution in [0.2, 0.25) is 0 Å². The van der Waals surface area contributed by atoms with Crippen molar-refractivity contribution in [1.82, 2.24) is 5.32 Å². The highest BCUT2D eigenvalue weighted by atomic mass is 16.5. The number of aliphatic hydroxyl groups excluding tert-OH is 2. The number of allylic oxidation sites excluding steroid dienone is 2. The van der Waals surface area contributed by atoms with Crippen molar-refractivity contribution in [3.63, 3.8) is 0 Å². The molecule has 0 rings (SSSR count). The standard InChI is InChI=1S/C87H171NO5/c1-3-5-7-9-11-13-15-17-19-21-23-24-38-41-44-47-51-55-59-63-67-71-75-79-85(90)84(83-89)88-86(91)80-76-72-68-64-60-56-52-48-45-42-39-36-34-32-30-28-26-25-27-29-31-33-35-37-40-43-46-50-54-58-62-66-70-74-78-82-93-87(92)81-77-73-69-65-61-57-53-49-22-20-18-16-14-12-10-8-6-4-2/h27,29,84-85,89-90H,3-26,28,30-83H2,1-2H3,(H,88,91)/b29-27-. The van der Waals surface area contributed by atoms with Crippen LogP contribution >= 0.6 is 0 Å². The summed E-state index contributed by atoms with van der Waals surface area (Å²) >= 11 is 0. The third kappa shape index (κ3) is 79.5. The van der Waals surface area contributed by atoms with Crippen LogP contribution in [0, 0.1) is 0 Å². The van der Waals surface area contributed by atoms with Gasteiger partial charge in [-0.3, -0.25) is 9.59 Å². The van der Waals surface area contributed by atoms with Gasteiger partial charge in [0.15, 0.2) is 0 Å². The average molecular weight is 1310 g/mol. The van der Waals surface area contributed by atoms with Gasteiger partial charge in [-0.15, -0.1) is 0 Å². The van der Waals surface area contributed by atoms with Crippen LogP contribution in [-0.4, -0.2) is 47.4 Å². The molecule has 0 aliphatic carbocycles. The maximum absolute atomic E-state index is 12.6. The Kier molecular flexibility index (Phi) is 81.8. The lowest BCUT2D eigenvalue weighted by atomic mass is 10.0. The third-order valence-electron chi connectivity index (χ3n) is 20.8. The summed E-state index contributed by atoms with van der Waals surface area (Å²) < 4.78 is 5.52. The Bertz CT molecular complexity index is 1420. The zero-order valence-corrected chi connectivity index (χ0v) is 63.8. The molecule has 2 unspecified atom stereocenters. The van der Waals surface area contributed by atoms with Crippen molar-refractivity contribution >= 4 is 11.9 Å². The maximum Gasteiger partial charge on any atom is 0.305 e. The van der Waals surface area contributed by atoms with Gasteiger partial charge in [-0.25, -0.2) is 0 Å². The minimum absolute atomic E-state index is 0.0249. The number of hydrogen-bond acceptors (Lipinski definition) is 5. The van der Waals surface area contributed by atoms with Gasteiger partial charge < -0.3 is 20.3 Å². The van der Waals surface area contributed by atoms with E-state index in [1.165, 1.54) is 437 Å². The van der Waals surface area contributed by atoms with Gasteiger partial charge in [-0.2, -0.15) is 0 Å². The molecule has 6 heteroatoms. The number of aliphatic hydroxyl groups is 2. The lowest BCUT2D eigenvalue weighted by molar-refractivity contribution is -0.143. The van der Waals surface area contributed by atoms with Crippen molar-refractivity contribution in [3.8, 4) is 0 Å². The molecule has 0 fully saturated rings. The smallest absolute Gasteiger partial charge is 0.305 e. The van der Waals surface area contributed by atoms with E-state index in [0.29, 0.717) is 25.9 Å². The van der Waals surface area contributed by atoms with Crippen molar-refractivity contribution in [3.05, 3.63) is 12.2 Å². The molecule has 6 nitrogen and oxygen atoms in total. The number of hydrogen-bond donors (Lipinski definition) is 3. The minimum Gasteiger partial charge on any atom is -0.466 e. The Balaban J connectivity index is 3.33. The van der Waals surface area contributed by atoms with Crippen molar-refractivity contribution in [2.24, 2.45) is 0 Å². The lowest BCUT2D eigenvalue weighted by Gasteiger charge is -2.22. The van der Waals surface area contributed by atoms with Crippen molar-refractivity contribution in [2.75, 3.05) is 13.2 Å². The Hall–Kier alpha value is -1.40. The Morgan fingerprint density at radius 3 is 0.763 bits per heavy atom. The molecule has 0 bridgehead atoms. The molecule has 0 saturated carbocycles. The molecule has 2 atom stereocenters. The molecule has 0 heterocycles. The average Bonchev–Trinajstić information content (AvgIpc) is 3.78. The first-order valence-corrected chi connectivity index (χ1v) is 43.4. The first kappa shape index (κ1) is 91.6. The molecule has 0 aromatic rings. The highest BCUT2D eigenvalue weighted by Crippen LogP contribution is 2.21. The van der Waals surface area contributed by atoms with E-state index in [1.54, 1.807) is 0 Å². The second-order valence-electron chi connectivity index (χ2n) is 30.2. The number of nitrogens with one attached hydrogen (secondary N) is 1. The summed E-state index contributed by atoms with van der Waals surface area (Å²) in [6, 6.07) is -0.540. The summed E-state index contributed by atoms with van der Waals surface area (Å²) in [5, 5.41) is 23.5. The van der Waals surface area contributed by atoms with Crippen LogP contribution in [0.4, 0.5) is 0 Å². The van der Waals surface area contributed by atoms with Gasteiger partial charge in [0, 0.05) is 12.8 Å². The molecule has 1 amide bonds. The van der Waals surface area contributed by atoms with Gasteiger partial charge in [0.05, 0.1) is 25.4 Å². The van der Waals surface area contributed by atoms with E-state index < -0.39 is 12.1 Å². The summed E-state index contributed by atoms with van der Waals surface area (Å²) in [5.41, 5.74) is 0. The fourth-order valence-corrected chi connectivity index (χ4v) is 14.2. The second-order valence-corrected chi connectivity index (χ2v) is 30.2. The zero-order chi connectivity index (χ0) is 67.0. The summed E-state index contributed by atoms with van der Waals surface area (Å²) in [4.78, 5) is 24.7. The Morgan fingerprint density at radius 1 is 0.290 bits per heavy atom. The summed E-state index contributed by atoms with van der Waals surface area (Å²) in [5.74, 6) is 0.00128. The highest BCUT2D eigenvalue weighted by Gasteiger charge is 2.20. The minimum atomic E-state index is -0.663. The Labute approximate surface area is 584 Å². The molecule has 93 heavy (non-hydrogen) atoms. The fourth-order valence-electron chi connectivity index (χ4n) is 14.2. The van der Waals surface area contributed by atoms with E-state index in [1.807, 2.05) is 0 Å². The van der Waals surface area contributed by atoms with E-state index in [-0.39, 0.29) is 18.5 Å². The van der Waals surface area contributed by atoms with E-state index >= 15 is 0 Å². The van der Waals surface area contributed by atoms with E-state index in [4.69, 9.17) is 4.74 Å². The summed E-state index contributed by atoms with van der Waals surface area (Å²) in [6.45, 7) is 5.03. The zero-order valence-electron chi connectivity index (χ0n) is 63.8. The fraction of sp³-hybridized carbons (Fsp3) is 0.954. The van der Waals surface area contributed by atoms with Gasteiger partial charge in [-0.05, 0) is 51.4 Å². The molecular formula is C87H171NO5. The first-order valence-electron chi connectivity index (χ1n) is 43.4. The third-order valence-corrected chi connectivity index (χ3v) is 20.8. The molecule has 0 aliphatic heterocycles. The van der Waals surface area contributed by atoms with Crippen molar-refractivity contribution in [1.29, 1.82) is 0 Å². The van der Waals surface area contributed by atoms with Gasteiger partial charge in [-0.1, -0.05) is 456 Å². The molecule has 0 aromatic heterocycles. The number of carbonyl (C=O) groups is 2. The van der Waals surface area contributed by atoms with Crippen LogP contribution in [0.25, 0.3) is 0 Å². The molecular weight excluding hydrogens is 1140 g/mol. The van der Waals surface area contributed by atoms with Crippen molar-refractivity contribution < 1.29 is 24.5 Å². The molecule has 0 saturated heterocycles. The quantitative estimate of drug-likeness (QED) is 0.0320. The van der Waals surface area contributed by atoms with Crippen LogP contribution in [0.15, 0.2) is 12.2 Å². The SMILES string of the molecule is CCCCCCCCCCCCCCCCCCCCCCCCCC(O)C(CO)NC(=O)CCCCCCCCCCCCCCCCCCC/C=C\CCCCCCCCCCCCCCCCOC(=O)CCCCCCCCCCCCCCCCCCCC. The largest absolute Gasteiger partial charge is 0.466 e. The van der Waals surface area contributed by atoms with Crippen LogP contribution < -0.4 is 5.32 Å². The highest BCUT2D eigenvalue weighted by molar-refractivity contribution is 5.76. The molecule has 0 radical (unpaired) electrons. The normalized spacial score (nSPS) is 12.4. The second kappa shape index (κ2) is 83.0. The number of amides is 1. The topological polar surface area (TPSA) is 95.9 Å². The van der Waals surface area contributed by atoms with E-state index in [0.717, 1.165) is 38.5 Å². The first-order chi connectivity index (χ1) is 46.0. The van der Waals surface area contributed by atoms with Crippen LogP contribution in [0.5, 0.6) is 0 Å². The molecule has 554 valence electrons. The van der Waals surface area contributed by atoms with Gasteiger partial charge in [0.25, 0.3) is 0 Å². The van der Waals surface area contributed by atoms with Crippen LogP contribution in [0.3, 0.4) is 0 Å². The van der Waals surface area contributed by atoms with Gasteiger partial charge in [0.1, 0.15) is 0 Å². The summed E-state index contributed by atoms with van der Waals surface area (Å²) in [6.07, 6.45) is 106. The molecule has 0 aliphatic rings. The predicted octanol–water partition coefficient (Wildman–Crippen LogP) is 29.0. The number of esters is 1. The number of ether oxygens (including phenoxy) is 1. The summed E-state index contributed by atoms with van der Waals surface area (Å²) in [7, 11) is 0.